The van der Waals surface area contributed by atoms with Crippen molar-refractivity contribution in [3.63, 3.8) is 0 Å². The van der Waals surface area contributed by atoms with E-state index in [4.69, 9.17) is 38.3 Å². The van der Waals surface area contributed by atoms with Gasteiger partial charge in [0.05, 0.1) is 5.09 Å². The summed E-state index contributed by atoms with van der Waals surface area (Å²) in [6.07, 6.45) is 3.92. The van der Waals surface area contributed by atoms with E-state index in [1.54, 1.807) is 97.1 Å². The molecule has 9 N–H and O–H groups in total. The first-order valence-corrected chi connectivity index (χ1v) is 15.2. The first-order valence-electron chi connectivity index (χ1n) is 15.2. The molecular weight excluding hydrogens is 1050 g/mol. The number of nitrogens with two attached hydrogens (primary N) is 2. The molecule has 0 aliphatic heterocycles. The molecule has 0 saturated heterocycles. The van der Waals surface area contributed by atoms with Crippen LogP contribution in [0.2, 0.25) is 0 Å². The van der Waals surface area contributed by atoms with Gasteiger partial charge < -0.3 is 56.8 Å². The van der Waals surface area contributed by atoms with Gasteiger partial charge in [0.15, 0.2) is 23.1 Å². The first-order chi connectivity index (χ1) is 23.1. The van der Waals surface area contributed by atoms with Crippen LogP contribution in [-0.4, -0.2) is 54.4 Å². The van der Waals surface area contributed by atoms with Gasteiger partial charge in [-0.15, -0.1) is 0 Å². The number of carbonyl (C=O) groups is 4. The SMILES string of the molecule is N.O=C1c2ccccc2C(=O)c2ccccc21.O=C1c2ccccc2C(=O)c2ccccc21.O=[N+]([O-])[O-].[Cl-].[NH-]CCCCN.[NH-]CCCCN.[Pt+2].[Pt+2]. The number of fused-ring (bicyclic) bond motifs is 4. The number of ketones is 4. The number of hydrogen-bond donors (Lipinski definition) is 3. The fourth-order valence-electron chi connectivity index (χ4n) is 4.64. The summed E-state index contributed by atoms with van der Waals surface area (Å²) in [6, 6.07) is 27.8. The van der Waals surface area contributed by atoms with Crippen LogP contribution in [0.25, 0.3) is 11.5 Å². The molecule has 0 heterocycles. The number of rotatable bonds is 6. The van der Waals surface area contributed by atoms with Gasteiger partial charge in [0.1, 0.15) is 0 Å². The standard InChI is InChI=1S/2C14H8O2.2C4H11N2.ClH.NO3.H3N.2Pt/c2*15-13-9-5-1-2-6-10(9)14(16)12-8-4-3-7-11(12)13;2*5-3-1-2-4-6;;2-1(3)4;;;/h2*1-8H;2*5H,1-4,6H2;1H;;1H3;;/q;;2*-1;;-1;;2*+2/p-1. The predicted octanol–water partition coefficient (Wildman–Crippen LogP) is 3.40. The maximum Gasteiger partial charge on any atom is 2.00 e. The molecular formula is C36H41ClN6O7Pt2. The second-order valence-corrected chi connectivity index (χ2v) is 10.2. The van der Waals surface area contributed by atoms with E-state index in [0.29, 0.717) is 57.6 Å². The van der Waals surface area contributed by atoms with Gasteiger partial charge in [-0.2, -0.15) is 13.1 Å². The number of unbranched alkanes of at least 4 members (excludes halogenated alkanes) is 2. The third kappa shape index (κ3) is 15.5. The Bertz CT molecular complexity index is 1390. The molecule has 0 aromatic heterocycles. The normalized spacial score (nSPS) is 10.7. The number of nitrogens with one attached hydrogen (secondary N) is 2. The van der Waals surface area contributed by atoms with Crippen LogP contribution in [0.4, 0.5) is 0 Å². The van der Waals surface area contributed by atoms with Crippen LogP contribution in [0.3, 0.4) is 0 Å². The molecule has 0 radical (unpaired) electrons. The first kappa shape index (κ1) is 52.6. The van der Waals surface area contributed by atoms with Crippen LogP contribution in [-0.2, 0) is 42.1 Å². The molecule has 4 aromatic rings. The van der Waals surface area contributed by atoms with Gasteiger partial charge in [0.25, 0.3) is 0 Å². The molecule has 0 saturated carbocycles. The summed E-state index contributed by atoms with van der Waals surface area (Å²) in [5, 5.41) is 14.8. The zero-order valence-electron chi connectivity index (χ0n) is 28.1. The molecule has 0 amide bonds. The van der Waals surface area contributed by atoms with Crippen LogP contribution >= 0.6 is 0 Å². The van der Waals surface area contributed by atoms with Gasteiger partial charge in [-0.3, -0.25) is 19.2 Å². The molecule has 6 rings (SSSR count). The summed E-state index contributed by atoms with van der Waals surface area (Å²) in [7, 11) is 0. The minimum absolute atomic E-state index is 0. The van der Waals surface area contributed by atoms with Crippen LogP contribution in [0.1, 0.15) is 89.4 Å². The van der Waals surface area contributed by atoms with Gasteiger partial charge in [0.2, 0.25) is 0 Å². The van der Waals surface area contributed by atoms with Gasteiger partial charge >= 0.3 is 42.1 Å². The van der Waals surface area contributed by atoms with E-state index in [9.17, 15) is 19.2 Å². The molecule has 0 atom stereocenters. The molecule has 4 aromatic carbocycles. The summed E-state index contributed by atoms with van der Waals surface area (Å²) in [5.74, 6) is -0.256. The van der Waals surface area contributed by atoms with E-state index in [0.717, 1.165) is 38.8 Å². The number of halogens is 1. The zero-order valence-corrected chi connectivity index (χ0v) is 33.4. The van der Waals surface area contributed by atoms with E-state index in [-0.39, 0.29) is 83.8 Å². The van der Waals surface area contributed by atoms with E-state index in [1.165, 1.54) is 0 Å². The molecule has 13 nitrogen and oxygen atoms in total. The van der Waals surface area contributed by atoms with Gasteiger partial charge in [-0.05, 0) is 25.9 Å². The third-order valence-corrected chi connectivity index (χ3v) is 6.93. The maximum absolute atomic E-state index is 12.1. The quantitative estimate of drug-likeness (QED) is 0.124. The van der Waals surface area contributed by atoms with Crippen LogP contribution in [0.5, 0.6) is 0 Å². The monoisotopic (exact) mass is 1090 g/mol. The molecule has 52 heavy (non-hydrogen) atoms. The number of nitrogens with zero attached hydrogens (tertiary/aromatic N) is 1. The molecule has 284 valence electrons. The van der Waals surface area contributed by atoms with Crippen molar-refractivity contribution in [1.29, 1.82) is 0 Å². The molecule has 16 heteroatoms. The third-order valence-electron chi connectivity index (χ3n) is 6.93. The molecule has 0 bridgehead atoms. The largest absolute Gasteiger partial charge is 2.00 e. The van der Waals surface area contributed by atoms with Crippen LogP contribution in [0, 0.1) is 15.3 Å². The van der Waals surface area contributed by atoms with Crippen molar-refractivity contribution in [1.82, 2.24) is 6.15 Å². The Hall–Kier alpha value is -3.77. The maximum atomic E-state index is 12.1. The summed E-state index contributed by atoms with van der Waals surface area (Å²) in [5.41, 5.74) is 27.6. The fourth-order valence-corrected chi connectivity index (χ4v) is 4.64. The minimum Gasteiger partial charge on any atom is -1.00 e. The smallest absolute Gasteiger partial charge is 1.00 e. The average molecular weight is 1100 g/mol. The van der Waals surface area contributed by atoms with Gasteiger partial charge in [-0.1, -0.05) is 110 Å². The van der Waals surface area contributed by atoms with E-state index in [2.05, 4.69) is 0 Å². The van der Waals surface area contributed by atoms with Crippen molar-refractivity contribution in [3.05, 3.63) is 168 Å². The van der Waals surface area contributed by atoms with Crippen LogP contribution in [0.15, 0.2) is 97.1 Å². The fraction of sp³-hybridized carbons (Fsp3) is 0.222. The van der Waals surface area contributed by atoms with Crippen LogP contribution < -0.4 is 30.0 Å². The zero-order chi connectivity index (χ0) is 35.5. The summed E-state index contributed by atoms with van der Waals surface area (Å²) < 4.78 is 0. The number of benzene rings is 4. The van der Waals surface area contributed by atoms with Gasteiger partial charge in [-0.25, -0.2) is 0 Å². The Labute approximate surface area is 337 Å². The number of hydrogen-bond acceptors (Lipinski definition) is 10. The number of carbonyl (C=O) groups excluding carboxylic acids is 4. The topological polar surface area (TPSA) is 269 Å². The second kappa shape index (κ2) is 28.8. The molecule has 2 aliphatic rings. The van der Waals surface area contributed by atoms with Gasteiger partial charge in [0, 0.05) is 44.5 Å². The Morgan fingerprint density at radius 3 is 0.712 bits per heavy atom. The Kier molecular flexibility index (Phi) is 29.1. The van der Waals surface area contributed by atoms with E-state index in [1.807, 2.05) is 0 Å². The predicted molar refractivity (Wildman–Crippen MR) is 190 cm³/mol. The van der Waals surface area contributed by atoms with Crippen molar-refractivity contribution in [2.45, 2.75) is 25.7 Å². The Morgan fingerprint density at radius 1 is 0.462 bits per heavy atom. The van der Waals surface area contributed by atoms with Crippen molar-refractivity contribution in [2.75, 3.05) is 26.2 Å². The van der Waals surface area contributed by atoms with Crippen molar-refractivity contribution in [2.24, 2.45) is 11.5 Å². The van der Waals surface area contributed by atoms with Crippen molar-refractivity contribution < 1.29 is 78.8 Å². The minimum atomic E-state index is -1.75. The molecule has 2 aliphatic carbocycles. The summed E-state index contributed by atoms with van der Waals surface area (Å²) in [4.78, 5) is 56.7. The van der Waals surface area contributed by atoms with Crippen molar-refractivity contribution >= 4 is 23.1 Å². The van der Waals surface area contributed by atoms with E-state index < -0.39 is 5.09 Å². The van der Waals surface area contributed by atoms with Crippen molar-refractivity contribution in [3.8, 4) is 0 Å². The Balaban J connectivity index is -0.000000627. The molecule has 0 unspecified atom stereocenters. The average Bonchev–Trinajstić information content (AvgIpc) is 3.11. The molecule has 0 fully saturated rings. The Morgan fingerprint density at radius 2 is 0.615 bits per heavy atom. The van der Waals surface area contributed by atoms with E-state index >= 15 is 0 Å². The molecule has 0 spiro atoms. The second-order valence-electron chi connectivity index (χ2n) is 10.2. The summed E-state index contributed by atoms with van der Waals surface area (Å²) in [6.45, 7) is 2.52. The summed E-state index contributed by atoms with van der Waals surface area (Å²) >= 11 is 0.